The van der Waals surface area contributed by atoms with E-state index in [4.69, 9.17) is 4.42 Å². The molecule has 0 bridgehead atoms. The van der Waals surface area contributed by atoms with Gasteiger partial charge in [0.15, 0.2) is 5.76 Å². The number of aromatic hydroxyl groups is 1. The van der Waals surface area contributed by atoms with Crippen LogP contribution in [0.4, 0.5) is 0 Å². The maximum atomic E-state index is 10.1. The molecule has 4 rings (SSSR count). The average Bonchev–Trinajstić information content (AvgIpc) is 3.09. The standard InChI is InChI=1S/C20H14N2O2/c23-17-11-5-4-10-16(17)20-22-18(14-7-2-1-3-8-14)19(24-20)15-9-6-12-21-13-15/h1-13,23H. The molecule has 4 heteroatoms. The summed E-state index contributed by atoms with van der Waals surface area (Å²) in [5.74, 6) is 1.15. The molecule has 0 amide bonds. The van der Waals surface area contributed by atoms with Gasteiger partial charge in [-0.15, -0.1) is 0 Å². The number of nitrogens with zero attached hydrogens (tertiary/aromatic N) is 2. The Kier molecular flexibility index (Phi) is 3.56. The van der Waals surface area contributed by atoms with E-state index in [0.717, 1.165) is 16.8 Å². The van der Waals surface area contributed by atoms with Crippen LogP contribution in [-0.4, -0.2) is 15.1 Å². The first-order valence-corrected chi connectivity index (χ1v) is 7.58. The molecular weight excluding hydrogens is 300 g/mol. The maximum Gasteiger partial charge on any atom is 0.231 e. The lowest BCUT2D eigenvalue weighted by molar-refractivity contribution is 0.473. The molecule has 2 aromatic heterocycles. The largest absolute Gasteiger partial charge is 0.507 e. The molecule has 2 aromatic carbocycles. The summed E-state index contributed by atoms with van der Waals surface area (Å²) in [6.07, 6.45) is 3.45. The zero-order chi connectivity index (χ0) is 16.4. The molecule has 0 radical (unpaired) electrons. The zero-order valence-corrected chi connectivity index (χ0v) is 12.8. The van der Waals surface area contributed by atoms with Gasteiger partial charge >= 0.3 is 0 Å². The Morgan fingerprint density at radius 3 is 2.29 bits per heavy atom. The molecule has 4 aromatic rings. The van der Waals surface area contributed by atoms with Crippen LogP contribution in [0.2, 0.25) is 0 Å². The Labute approximate surface area is 139 Å². The Balaban J connectivity index is 1.94. The number of aromatic nitrogens is 2. The third-order valence-corrected chi connectivity index (χ3v) is 3.73. The second kappa shape index (κ2) is 6.01. The lowest BCUT2D eigenvalue weighted by Crippen LogP contribution is -1.83. The van der Waals surface area contributed by atoms with Crippen LogP contribution in [0, 0.1) is 0 Å². The molecule has 0 saturated carbocycles. The SMILES string of the molecule is Oc1ccccc1-c1nc(-c2ccccc2)c(-c2cccnc2)o1. The van der Waals surface area contributed by atoms with Crippen molar-refractivity contribution >= 4 is 0 Å². The van der Waals surface area contributed by atoms with E-state index in [1.165, 1.54) is 0 Å². The van der Waals surface area contributed by atoms with Crippen molar-refractivity contribution in [1.29, 1.82) is 0 Å². The number of benzene rings is 2. The van der Waals surface area contributed by atoms with E-state index in [1.807, 2.05) is 48.5 Å². The minimum Gasteiger partial charge on any atom is -0.507 e. The van der Waals surface area contributed by atoms with Gasteiger partial charge in [-0.25, -0.2) is 4.98 Å². The highest BCUT2D eigenvalue weighted by Crippen LogP contribution is 2.37. The summed E-state index contributed by atoms with van der Waals surface area (Å²) in [6.45, 7) is 0. The molecule has 0 saturated heterocycles. The molecule has 24 heavy (non-hydrogen) atoms. The summed E-state index contributed by atoms with van der Waals surface area (Å²) < 4.78 is 6.01. The summed E-state index contributed by atoms with van der Waals surface area (Å²) in [5.41, 5.74) is 3.07. The van der Waals surface area contributed by atoms with Gasteiger partial charge in [-0.05, 0) is 24.3 Å². The van der Waals surface area contributed by atoms with Gasteiger partial charge in [-0.2, -0.15) is 0 Å². The minimum absolute atomic E-state index is 0.135. The van der Waals surface area contributed by atoms with E-state index in [2.05, 4.69) is 9.97 Å². The van der Waals surface area contributed by atoms with Crippen molar-refractivity contribution in [3.05, 3.63) is 79.1 Å². The first kappa shape index (κ1) is 14.2. The molecule has 0 spiro atoms. The fourth-order valence-electron chi connectivity index (χ4n) is 2.57. The number of hydrogen-bond acceptors (Lipinski definition) is 4. The van der Waals surface area contributed by atoms with Crippen LogP contribution in [0.3, 0.4) is 0 Å². The smallest absolute Gasteiger partial charge is 0.231 e. The van der Waals surface area contributed by atoms with Crippen LogP contribution in [-0.2, 0) is 0 Å². The van der Waals surface area contributed by atoms with Crippen molar-refractivity contribution in [2.24, 2.45) is 0 Å². The number of hydrogen-bond donors (Lipinski definition) is 1. The van der Waals surface area contributed by atoms with E-state index in [-0.39, 0.29) is 5.75 Å². The number of rotatable bonds is 3. The predicted molar refractivity (Wildman–Crippen MR) is 92.3 cm³/mol. The van der Waals surface area contributed by atoms with Gasteiger partial charge in [0.25, 0.3) is 0 Å². The van der Waals surface area contributed by atoms with Crippen molar-refractivity contribution in [2.75, 3.05) is 0 Å². The predicted octanol–water partition coefficient (Wildman–Crippen LogP) is 4.78. The molecule has 0 aliphatic rings. The number of para-hydroxylation sites is 1. The Hall–Kier alpha value is -3.40. The summed E-state index contributed by atoms with van der Waals surface area (Å²) in [5, 5.41) is 10.1. The van der Waals surface area contributed by atoms with Gasteiger partial charge in [0.2, 0.25) is 5.89 Å². The third-order valence-electron chi connectivity index (χ3n) is 3.73. The molecule has 1 N–H and O–H groups in total. The lowest BCUT2D eigenvalue weighted by Gasteiger charge is -2.00. The van der Waals surface area contributed by atoms with Crippen LogP contribution < -0.4 is 0 Å². The second-order valence-corrected chi connectivity index (χ2v) is 5.32. The fraction of sp³-hybridized carbons (Fsp3) is 0. The van der Waals surface area contributed by atoms with Crippen molar-refractivity contribution < 1.29 is 9.52 Å². The Bertz CT molecular complexity index is 906. The van der Waals surface area contributed by atoms with Crippen LogP contribution >= 0.6 is 0 Å². The maximum absolute atomic E-state index is 10.1. The third kappa shape index (κ3) is 2.54. The first-order valence-electron chi connectivity index (χ1n) is 7.58. The van der Waals surface area contributed by atoms with Gasteiger partial charge in [-0.3, -0.25) is 4.98 Å². The van der Waals surface area contributed by atoms with E-state index < -0.39 is 0 Å². The van der Waals surface area contributed by atoms with Crippen LogP contribution in [0.25, 0.3) is 34.0 Å². The van der Waals surface area contributed by atoms with Crippen LogP contribution in [0.1, 0.15) is 0 Å². The minimum atomic E-state index is 0.135. The Morgan fingerprint density at radius 1 is 0.792 bits per heavy atom. The molecule has 0 aliphatic carbocycles. The molecule has 116 valence electrons. The van der Waals surface area contributed by atoms with Crippen molar-refractivity contribution in [3.8, 4) is 39.8 Å². The van der Waals surface area contributed by atoms with Gasteiger partial charge < -0.3 is 9.52 Å². The number of oxazole rings is 1. The second-order valence-electron chi connectivity index (χ2n) is 5.32. The van der Waals surface area contributed by atoms with Gasteiger partial charge in [0.1, 0.15) is 11.4 Å². The topological polar surface area (TPSA) is 59.2 Å². The highest BCUT2D eigenvalue weighted by atomic mass is 16.4. The van der Waals surface area contributed by atoms with Gasteiger partial charge in [0, 0.05) is 23.5 Å². The van der Waals surface area contributed by atoms with E-state index in [0.29, 0.717) is 17.2 Å². The Morgan fingerprint density at radius 2 is 1.54 bits per heavy atom. The fourth-order valence-corrected chi connectivity index (χ4v) is 2.57. The van der Waals surface area contributed by atoms with E-state index >= 15 is 0 Å². The summed E-state index contributed by atoms with van der Waals surface area (Å²) in [7, 11) is 0. The normalized spacial score (nSPS) is 10.7. The number of phenolic OH excluding ortho intramolecular Hbond substituents is 1. The van der Waals surface area contributed by atoms with Crippen LogP contribution in [0.15, 0.2) is 83.5 Å². The van der Waals surface area contributed by atoms with Gasteiger partial charge in [-0.1, -0.05) is 42.5 Å². The molecule has 0 unspecified atom stereocenters. The van der Waals surface area contributed by atoms with E-state index in [9.17, 15) is 5.11 Å². The summed E-state index contributed by atoms with van der Waals surface area (Å²) >= 11 is 0. The highest BCUT2D eigenvalue weighted by Gasteiger charge is 2.19. The van der Waals surface area contributed by atoms with Gasteiger partial charge in [0.05, 0.1) is 5.56 Å². The monoisotopic (exact) mass is 314 g/mol. The van der Waals surface area contributed by atoms with Crippen molar-refractivity contribution in [1.82, 2.24) is 9.97 Å². The van der Waals surface area contributed by atoms with Crippen molar-refractivity contribution in [3.63, 3.8) is 0 Å². The quantitative estimate of drug-likeness (QED) is 0.591. The molecule has 0 fully saturated rings. The number of pyridine rings is 1. The highest BCUT2D eigenvalue weighted by molar-refractivity contribution is 5.79. The number of phenols is 1. The van der Waals surface area contributed by atoms with Crippen LogP contribution in [0.5, 0.6) is 5.75 Å². The summed E-state index contributed by atoms with van der Waals surface area (Å²) in [4.78, 5) is 8.79. The lowest BCUT2D eigenvalue weighted by atomic mass is 10.1. The van der Waals surface area contributed by atoms with Crippen molar-refractivity contribution in [2.45, 2.75) is 0 Å². The zero-order valence-electron chi connectivity index (χ0n) is 12.8. The average molecular weight is 314 g/mol. The first-order chi connectivity index (χ1) is 11.8. The molecular formula is C20H14N2O2. The summed E-state index contributed by atoms with van der Waals surface area (Å²) in [6, 6.07) is 20.6. The molecule has 0 atom stereocenters. The molecule has 0 aliphatic heterocycles. The van der Waals surface area contributed by atoms with E-state index in [1.54, 1.807) is 30.6 Å². The molecule has 2 heterocycles. The molecule has 4 nitrogen and oxygen atoms in total.